The summed E-state index contributed by atoms with van der Waals surface area (Å²) >= 11 is 0. The number of rotatable bonds is 7. The zero-order chi connectivity index (χ0) is 11.1. The second kappa shape index (κ2) is 6.58. The fraction of sp³-hybridized carbons (Fsp3) is 0.727. The number of hydrogen-bond acceptors (Lipinski definition) is 3. The second-order valence-corrected chi connectivity index (χ2v) is 3.77. The molecule has 0 fully saturated rings. The molecule has 0 aliphatic carbocycles. The SMILES string of the molecule is CCNC(c1ncc[nH]1)C(C)CCOC. The number of methoxy groups -OCH3 is 1. The van der Waals surface area contributed by atoms with Crippen LogP contribution < -0.4 is 5.32 Å². The summed E-state index contributed by atoms with van der Waals surface area (Å²) in [5, 5.41) is 3.44. The van der Waals surface area contributed by atoms with Gasteiger partial charge < -0.3 is 15.0 Å². The third kappa shape index (κ3) is 3.64. The first-order valence-electron chi connectivity index (χ1n) is 5.51. The first kappa shape index (κ1) is 12.2. The van der Waals surface area contributed by atoms with E-state index in [0.29, 0.717) is 12.0 Å². The molecule has 0 saturated carbocycles. The normalized spacial score (nSPS) is 15.1. The van der Waals surface area contributed by atoms with Crippen molar-refractivity contribution in [2.45, 2.75) is 26.3 Å². The van der Waals surface area contributed by atoms with Crippen LogP contribution in [0.3, 0.4) is 0 Å². The summed E-state index contributed by atoms with van der Waals surface area (Å²) in [6, 6.07) is 0.292. The number of nitrogens with one attached hydrogen (secondary N) is 2. The molecule has 15 heavy (non-hydrogen) atoms. The number of aromatic amines is 1. The molecule has 0 aliphatic rings. The van der Waals surface area contributed by atoms with Gasteiger partial charge in [0.25, 0.3) is 0 Å². The Morgan fingerprint density at radius 1 is 1.60 bits per heavy atom. The summed E-state index contributed by atoms with van der Waals surface area (Å²) in [5.74, 6) is 1.52. The molecule has 1 heterocycles. The molecule has 2 atom stereocenters. The summed E-state index contributed by atoms with van der Waals surface area (Å²) in [5.41, 5.74) is 0. The van der Waals surface area contributed by atoms with Gasteiger partial charge in [-0.3, -0.25) is 0 Å². The van der Waals surface area contributed by atoms with Crippen molar-refractivity contribution in [3.63, 3.8) is 0 Å². The van der Waals surface area contributed by atoms with Crippen molar-refractivity contribution < 1.29 is 4.74 Å². The van der Waals surface area contributed by atoms with Crippen LogP contribution in [0.2, 0.25) is 0 Å². The lowest BCUT2D eigenvalue weighted by atomic mass is 9.98. The van der Waals surface area contributed by atoms with Crippen LogP contribution in [-0.4, -0.2) is 30.2 Å². The van der Waals surface area contributed by atoms with Crippen LogP contribution in [0.1, 0.15) is 32.1 Å². The number of aromatic nitrogens is 2. The fourth-order valence-electron chi connectivity index (χ4n) is 1.71. The molecule has 2 N–H and O–H groups in total. The lowest BCUT2D eigenvalue weighted by Gasteiger charge is -2.22. The summed E-state index contributed by atoms with van der Waals surface area (Å²) < 4.78 is 5.10. The highest BCUT2D eigenvalue weighted by atomic mass is 16.5. The maximum Gasteiger partial charge on any atom is 0.123 e. The van der Waals surface area contributed by atoms with E-state index in [1.165, 1.54) is 0 Å². The molecular formula is C11H21N3O. The van der Waals surface area contributed by atoms with E-state index in [2.05, 4.69) is 29.1 Å². The van der Waals surface area contributed by atoms with Crippen LogP contribution in [0, 0.1) is 5.92 Å². The zero-order valence-electron chi connectivity index (χ0n) is 9.79. The van der Waals surface area contributed by atoms with Gasteiger partial charge in [-0.2, -0.15) is 0 Å². The molecule has 1 rings (SSSR count). The molecule has 0 spiro atoms. The van der Waals surface area contributed by atoms with Crippen molar-refractivity contribution in [2.24, 2.45) is 5.92 Å². The molecular weight excluding hydrogens is 190 g/mol. The van der Waals surface area contributed by atoms with E-state index in [1.54, 1.807) is 13.3 Å². The number of H-pyrrole nitrogens is 1. The highest BCUT2D eigenvalue weighted by molar-refractivity contribution is 4.97. The predicted octanol–water partition coefficient (Wildman–Crippen LogP) is 1.73. The van der Waals surface area contributed by atoms with E-state index in [0.717, 1.165) is 25.4 Å². The van der Waals surface area contributed by atoms with Crippen LogP contribution in [0.4, 0.5) is 0 Å². The molecule has 0 bridgehead atoms. The molecule has 0 radical (unpaired) electrons. The summed E-state index contributed by atoms with van der Waals surface area (Å²) in [4.78, 5) is 7.47. The Morgan fingerprint density at radius 3 is 2.93 bits per heavy atom. The zero-order valence-corrected chi connectivity index (χ0v) is 9.79. The van der Waals surface area contributed by atoms with Gasteiger partial charge in [0.15, 0.2) is 0 Å². The van der Waals surface area contributed by atoms with Crippen molar-refractivity contribution in [1.29, 1.82) is 0 Å². The Hall–Kier alpha value is -0.870. The minimum atomic E-state index is 0.292. The van der Waals surface area contributed by atoms with E-state index in [9.17, 15) is 0 Å². The Balaban J connectivity index is 2.57. The van der Waals surface area contributed by atoms with Gasteiger partial charge in [-0.1, -0.05) is 13.8 Å². The lowest BCUT2D eigenvalue weighted by Crippen LogP contribution is -2.28. The third-order valence-electron chi connectivity index (χ3n) is 2.58. The largest absolute Gasteiger partial charge is 0.385 e. The number of imidazole rings is 1. The van der Waals surface area contributed by atoms with Gasteiger partial charge in [-0.15, -0.1) is 0 Å². The summed E-state index contributed by atoms with van der Waals surface area (Å²) in [6.07, 6.45) is 4.69. The Labute approximate surface area is 91.4 Å². The average Bonchev–Trinajstić information content (AvgIpc) is 2.75. The molecule has 1 aromatic heterocycles. The fourth-order valence-corrected chi connectivity index (χ4v) is 1.71. The molecule has 0 amide bonds. The number of ether oxygens (including phenoxy) is 1. The highest BCUT2D eigenvalue weighted by Crippen LogP contribution is 2.21. The maximum absolute atomic E-state index is 5.10. The predicted molar refractivity (Wildman–Crippen MR) is 60.7 cm³/mol. The summed E-state index contributed by atoms with van der Waals surface area (Å²) in [7, 11) is 1.74. The summed E-state index contributed by atoms with van der Waals surface area (Å²) in [6.45, 7) is 6.07. The van der Waals surface area contributed by atoms with E-state index in [1.807, 2.05) is 6.20 Å². The van der Waals surface area contributed by atoms with E-state index in [4.69, 9.17) is 4.74 Å². The first-order valence-corrected chi connectivity index (χ1v) is 5.51. The quantitative estimate of drug-likeness (QED) is 0.722. The van der Waals surface area contributed by atoms with Gasteiger partial charge in [-0.25, -0.2) is 4.98 Å². The Bertz CT molecular complexity index is 248. The van der Waals surface area contributed by atoms with E-state index >= 15 is 0 Å². The Kier molecular flexibility index (Phi) is 5.36. The third-order valence-corrected chi connectivity index (χ3v) is 2.58. The van der Waals surface area contributed by atoms with Crippen molar-refractivity contribution in [1.82, 2.24) is 15.3 Å². The first-order chi connectivity index (χ1) is 7.29. The number of hydrogen-bond donors (Lipinski definition) is 2. The van der Waals surface area contributed by atoms with Crippen LogP contribution in [0.5, 0.6) is 0 Å². The minimum absolute atomic E-state index is 0.292. The van der Waals surface area contributed by atoms with Crippen molar-refractivity contribution in [3.05, 3.63) is 18.2 Å². The molecule has 0 aromatic carbocycles. The van der Waals surface area contributed by atoms with Crippen LogP contribution in [0.25, 0.3) is 0 Å². The highest BCUT2D eigenvalue weighted by Gasteiger charge is 2.19. The van der Waals surface area contributed by atoms with E-state index < -0.39 is 0 Å². The molecule has 1 aromatic rings. The molecule has 2 unspecified atom stereocenters. The molecule has 4 nitrogen and oxygen atoms in total. The number of nitrogens with zero attached hydrogens (tertiary/aromatic N) is 1. The van der Waals surface area contributed by atoms with Crippen molar-refractivity contribution >= 4 is 0 Å². The van der Waals surface area contributed by atoms with Crippen LogP contribution in [-0.2, 0) is 4.74 Å². The smallest absolute Gasteiger partial charge is 0.123 e. The molecule has 0 saturated heterocycles. The maximum atomic E-state index is 5.10. The van der Waals surface area contributed by atoms with Gasteiger partial charge in [0.2, 0.25) is 0 Å². The minimum Gasteiger partial charge on any atom is -0.385 e. The van der Waals surface area contributed by atoms with Gasteiger partial charge in [-0.05, 0) is 18.9 Å². The monoisotopic (exact) mass is 211 g/mol. The lowest BCUT2D eigenvalue weighted by molar-refractivity contribution is 0.169. The van der Waals surface area contributed by atoms with E-state index in [-0.39, 0.29) is 0 Å². The molecule has 0 aliphatic heterocycles. The average molecular weight is 211 g/mol. The van der Waals surface area contributed by atoms with Gasteiger partial charge >= 0.3 is 0 Å². The standard InChI is InChI=1S/C11H21N3O/c1-4-12-10(9(2)5-8-15-3)11-13-6-7-14-11/h6-7,9-10,12H,4-5,8H2,1-3H3,(H,13,14). The van der Waals surface area contributed by atoms with Crippen molar-refractivity contribution in [2.75, 3.05) is 20.3 Å². The van der Waals surface area contributed by atoms with Gasteiger partial charge in [0.1, 0.15) is 5.82 Å². The van der Waals surface area contributed by atoms with Crippen LogP contribution in [0.15, 0.2) is 12.4 Å². The molecule has 4 heteroatoms. The van der Waals surface area contributed by atoms with Crippen molar-refractivity contribution in [3.8, 4) is 0 Å². The van der Waals surface area contributed by atoms with Gasteiger partial charge in [0, 0.05) is 26.1 Å². The topological polar surface area (TPSA) is 49.9 Å². The second-order valence-electron chi connectivity index (χ2n) is 3.77. The van der Waals surface area contributed by atoms with Gasteiger partial charge in [0.05, 0.1) is 6.04 Å². The van der Waals surface area contributed by atoms with Crippen LogP contribution >= 0.6 is 0 Å². The Morgan fingerprint density at radius 2 is 2.40 bits per heavy atom. The molecule has 86 valence electrons.